The normalized spacial score (nSPS) is 49.8. The van der Waals surface area contributed by atoms with Gasteiger partial charge in [0.05, 0.1) is 0 Å². The molecule has 3 fully saturated rings. The maximum absolute atomic E-state index is 12.0. The number of aliphatic hydroxyl groups is 1. The number of fused-ring (bicyclic) bond motifs is 3. The van der Waals surface area contributed by atoms with Crippen LogP contribution in [0.5, 0.6) is 0 Å². The number of Topliss-reactive ketones (excluding diaryl/α,β-unsaturated/α-hetero) is 1. The summed E-state index contributed by atoms with van der Waals surface area (Å²) in [6.07, 6.45) is 8.10. The van der Waals surface area contributed by atoms with E-state index in [4.69, 9.17) is 0 Å². The SMILES string of the molecule is C[C@H]1C(=O)CC[C@@H]2[C@H]1CC[C@@]1(C)[C@H](CCO)CC[C@@H]21. The number of carbonyl (C=O) groups is 1. The van der Waals surface area contributed by atoms with Gasteiger partial charge in [-0.15, -0.1) is 0 Å². The van der Waals surface area contributed by atoms with Gasteiger partial charge in [0.1, 0.15) is 5.78 Å². The summed E-state index contributed by atoms with van der Waals surface area (Å²) in [7, 11) is 0. The average molecular weight is 264 g/mol. The molecule has 3 rings (SSSR count). The maximum Gasteiger partial charge on any atom is 0.135 e. The number of hydrogen-bond donors (Lipinski definition) is 1. The van der Waals surface area contributed by atoms with Crippen molar-refractivity contribution in [2.45, 2.75) is 58.8 Å². The summed E-state index contributed by atoms with van der Waals surface area (Å²) < 4.78 is 0. The zero-order valence-electron chi connectivity index (χ0n) is 12.4. The van der Waals surface area contributed by atoms with E-state index >= 15 is 0 Å². The molecule has 6 atom stereocenters. The number of ketones is 1. The van der Waals surface area contributed by atoms with Crippen LogP contribution in [0.15, 0.2) is 0 Å². The predicted octanol–water partition coefficient (Wildman–Crippen LogP) is 3.43. The molecule has 0 heterocycles. The van der Waals surface area contributed by atoms with Crippen LogP contribution < -0.4 is 0 Å². The minimum Gasteiger partial charge on any atom is -0.396 e. The topological polar surface area (TPSA) is 37.3 Å². The van der Waals surface area contributed by atoms with Crippen molar-refractivity contribution in [2.24, 2.45) is 35.0 Å². The van der Waals surface area contributed by atoms with Crippen LogP contribution in [0.4, 0.5) is 0 Å². The van der Waals surface area contributed by atoms with E-state index in [0.717, 1.165) is 37.0 Å². The molecule has 0 aromatic heterocycles. The summed E-state index contributed by atoms with van der Waals surface area (Å²) in [5, 5.41) is 9.30. The Bertz CT molecular complexity index is 364. The lowest BCUT2D eigenvalue weighted by atomic mass is 9.53. The van der Waals surface area contributed by atoms with Crippen LogP contribution in [0, 0.1) is 35.0 Å². The molecule has 3 aliphatic rings. The predicted molar refractivity (Wildman–Crippen MR) is 75.6 cm³/mol. The molecule has 0 aromatic carbocycles. The molecule has 0 bridgehead atoms. The third-order valence-corrected chi connectivity index (χ3v) is 7.04. The highest BCUT2D eigenvalue weighted by Crippen LogP contribution is 2.62. The Hall–Kier alpha value is -0.370. The first kappa shape index (κ1) is 13.6. The van der Waals surface area contributed by atoms with Gasteiger partial charge in [-0.25, -0.2) is 0 Å². The second-order valence-electron chi connectivity index (χ2n) is 7.56. The molecular formula is C17H28O2. The molecule has 108 valence electrons. The van der Waals surface area contributed by atoms with Crippen molar-refractivity contribution in [1.29, 1.82) is 0 Å². The molecule has 0 aliphatic heterocycles. The fourth-order valence-corrected chi connectivity index (χ4v) is 5.87. The zero-order valence-corrected chi connectivity index (χ0v) is 12.4. The first-order chi connectivity index (χ1) is 9.08. The molecule has 0 aromatic rings. The third-order valence-electron chi connectivity index (χ3n) is 7.04. The molecule has 0 saturated heterocycles. The van der Waals surface area contributed by atoms with Gasteiger partial charge < -0.3 is 5.11 Å². The van der Waals surface area contributed by atoms with Crippen molar-refractivity contribution in [3.8, 4) is 0 Å². The van der Waals surface area contributed by atoms with Crippen molar-refractivity contribution >= 4 is 5.78 Å². The summed E-state index contributed by atoms with van der Waals surface area (Å²) in [6.45, 7) is 4.99. The standard InChI is InChI=1S/C17H28O2/c1-11-13-7-9-17(2)12(8-10-18)3-5-15(17)14(13)4-6-16(11)19/h11-15,18H,3-10H2,1-2H3/t11-,12+,13+,14-,15+,17+/m1/s1. The Labute approximate surface area is 117 Å². The first-order valence-corrected chi connectivity index (χ1v) is 8.21. The van der Waals surface area contributed by atoms with Crippen LogP contribution >= 0.6 is 0 Å². The fraction of sp³-hybridized carbons (Fsp3) is 0.941. The molecule has 0 amide bonds. The van der Waals surface area contributed by atoms with E-state index in [1.807, 2.05) is 0 Å². The van der Waals surface area contributed by atoms with Crippen molar-refractivity contribution < 1.29 is 9.90 Å². The molecule has 3 saturated carbocycles. The summed E-state index contributed by atoms with van der Waals surface area (Å²) >= 11 is 0. The molecule has 3 aliphatic carbocycles. The van der Waals surface area contributed by atoms with E-state index in [9.17, 15) is 9.90 Å². The van der Waals surface area contributed by atoms with Crippen LogP contribution in [-0.2, 0) is 4.79 Å². The van der Waals surface area contributed by atoms with Crippen molar-refractivity contribution in [3.05, 3.63) is 0 Å². The number of hydrogen-bond acceptors (Lipinski definition) is 2. The van der Waals surface area contributed by atoms with Crippen molar-refractivity contribution in [1.82, 2.24) is 0 Å². The summed E-state index contributed by atoms with van der Waals surface area (Å²) in [4.78, 5) is 12.0. The molecule has 2 nitrogen and oxygen atoms in total. The monoisotopic (exact) mass is 264 g/mol. The number of aliphatic hydroxyl groups excluding tert-OH is 1. The average Bonchev–Trinajstić information content (AvgIpc) is 2.72. The fourth-order valence-electron chi connectivity index (χ4n) is 5.87. The highest BCUT2D eigenvalue weighted by molar-refractivity contribution is 5.81. The Morgan fingerprint density at radius 3 is 2.74 bits per heavy atom. The van der Waals surface area contributed by atoms with E-state index in [-0.39, 0.29) is 0 Å². The molecule has 19 heavy (non-hydrogen) atoms. The largest absolute Gasteiger partial charge is 0.396 e. The van der Waals surface area contributed by atoms with E-state index in [1.54, 1.807) is 0 Å². The van der Waals surface area contributed by atoms with Gasteiger partial charge >= 0.3 is 0 Å². The molecule has 2 heteroatoms. The van der Waals surface area contributed by atoms with Gasteiger partial charge in [-0.05, 0) is 67.6 Å². The van der Waals surface area contributed by atoms with Gasteiger partial charge in [0, 0.05) is 18.9 Å². The van der Waals surface area contributed by atoms with Gasteiger partial charge in [-0.3, -0.25) is 4.79 Å². The van der Waals surface area contributed by atoms with E-state index in [0.29, 0.717) is 29.6 Å². The van der Waals surface area contributed by atoms with Crippen molar-refractivity contribution in [2.75, 3.05) is 6.61 Å². The van der Waals surface area contributed by atoms with Gasteiger partial charge in [0.15, 0.2) is 0 Å². The quantitative estimate of drug-likeness (QED) is 0.829. The second-order valence-corrected chi connectivity index (χ2v) is 7.56. The number of rotatable bonds is 2. The molecular weight excluding hydrogens is 236 g/mol. The van der Waals surface area contributed by atoms with Gasteiger partial charge in [0.25, 0.3) is 0 Å². The first-order valence-electron chi connectivity index (χ1n) is 8.21. The highest BCUT2D eigenvalue weighted by atomic mass is 16.3. The Balaban J connectivity index is 1.82. The molecule has 1 N–H and O–H groups in total. The smallest absolute Gasteiger partial charge is 0.135 e. The maximum atomic E-state index is 12.0. The highest BCUT2D eigenvalue weighted by Gasteiger charge is 2.55. The molecule has 0 spiro atoms. The third kappa shape index (κ3) is 1.98. The Morgan fingerprint density at radius 2 is 2.00 bits per heavy atom. The zero-order chi connectivity index (χ0) is 13.6. The lowest BCUT2D eigenvalue weighted by Crippen LogP contribution is -2.47. The van der Waals surface area contributed by atoms with Crippen LogP contribution in [0.1, 0.15) is 58.8 Å². The van der Waals surface area contributed by atoms with Gasteiger partial charge in [-0.2, -0.15) is 0 Å². The van der Waals surface area contributed by atoms with Crippen LogP contribution in [0.3, 0.4) is 0 Å². The molecule has 0 unspecified atom stereocenters. The lowest BCUT2D eigenvalue weighted by Gasteiger charge is -2.52. The minimum absolute atomic E-state index is 0.306. The summed E-state index contributed by atoms with van der Waals surface area (Å²) in [5.41, 5.74) is 0.448. The minimum atomic E-state index is 0.306. The van der Waals surface area contributed by atoms with Gasteiger partial charge in [-0.1, -0.05) is 13.8 Å². The van der Waals surface area contributed by atoms with E-state index < -0.39 is 0 Å². The lowest BCUT2D eigenvalue weighted by molar-refractivity contribution is -0.132. The van der Waals surface area contributed by atoms with E-state index in [2.05, 4.69) is 13.8 Å². The number of carbonyl (C=O) groups excluding carboxylic acids is 1. The summed E-state index contributed by atoms with van der Waals surface area (Å²) in [5.74, 6) is 3.80. The Morgan fingerprint density at radius 1 is 1.21 bits per heavy atom. The van der Waals surface area contributed by atoms with Crippen molar-refractivity contribution in [3.63, 3.8) is 0 Å². The molecule has 0 radical (unpaired) electrons. The van der Waals surface area contributed by atoms with Crippen LogP contribution in [-0.4, -0.2) is 17.5 Å². The van der Waals surface area contributed by atoms with E-state index in [1.165, 1.54) is 25.7 Å². The van der Waals surface area contributed by atoms with Gasteiger partial charge in [0.2, 0.25) is 0 Å². The summed E-state index contributed by atoms with van der Waals surface area (Å²) in [6, 6.07) is 0. The Kier molecular flexibility index (Phi) is 3.49. The van der Waals surface area contributed by atoms with Crippen LogP contribution in [0.2, 0.25) is 0 Å². The second kappa shape index (κ2) is 4.87. The van der Waals surface area contributed by atoms with Crippen LogP contribution in [0.25, 0.3) is 0 Å².